The lowest BCUT2D eigenvalue weighted by Crippen LogP contribution is -2.21. The monoisotopic (exact) mass is 356 g/mol. The van der Waals surface area contributed by atoms with Gasteiger partial charge in [-0.2, -0.15) is 21.4 Å². The molecule has 0 amide bonds. The van der Waals surface area contributed by atoms with Crippen molar-refractivity contribution in [3.05, 3.63) is 42.1 Å². The molecule has 0 bridgehead atoms. The number of allylic oxidation sites excluding steroid dienone is 1. The van der Waals surface area contributed by atoms with Crippen LogP contribution in [0.3, 0.4) is 0 Å². The minimum atomic E-state index is -0.0961. The Morgan fingerprint density at radius 3 is 2.84 bits per heavy atom. The Balaban J connectivity index is 1.49. The summed E-state index contributed by atoms with van der Waals surface area (Å²) in [7, 11) is 0. The van der Waals surface area contributed by atoms with Crippen LogP contribution in [0.2, 0.25) is 0 Å². The van der Waals surface area contributed by atoms with E-state index in [-0.39, 0.29) is 12.3 Å². The molecule has 1 fully saturated rings. The molecule has 2 aromatic rings. The summed E-state index contributed by atoms with van der Waals surface area (Å²) in [5, 5.41) is 7.58. The number of hydrogen-bond acceptors (Lipinski definition) is 6. The van der Waals surface area contributed by atoms with Gasteiger partial charge in [-0.15, -0.1) is 5.10 Å². The fraction of sp³-hybridized carbons (Fsp3) is 0.389. The smallest absolute Gasteiger partial charge is 0.253 e. The number of aromatic nitrogens is 3. The lowest BCUT2D eigenvalue weighted by atomic mass is 10.2. The summed E-state index contributed by atoms with van der Waals surface area (Å²) in [6.45, 7) is 0.468. The molecule has 130 valence electrons. The van der Waals surface area contributed by atoms with E-state index in [1.807, 2.05) is 48.2 Å². The van der Waals surface area contributed by atoms with E-state index >= 15 is 0 Å². The van der Waals surface area contributed by atoms with Gasteiger partial charge in [0.15, 0.2) is 5.82 Å². The van der Waals surface area contributed by atoms with Gasteiger partial charge in [-0.1, -0.05) is 36.4 Å². The molecule has 7 heteroatoms. The van der Waals surface area contributed by atoms with Gasteiger partial charge in [0.25, 0.3) is 5.91 Å². The second-order valence-electron chi connectivity index (χ2n) is 6.11. The molecule has 0 spiro atoms. The molecule has 2 aliphatic heterocycles. The van der Waals surface area contributed by atoms with Gasteiger partial charge in [0.05, 0.1) is 12.7 Å². The van der Waals surface area contributed by atoms with Crippen LogP contribution in [0.25, 0.3) is 11.4 Å². The van der Waals surface area contributed by atoms with Crippen LogP contribution in [-0.2, 0) is 4.74 Å². The lowest BCUT2D eigenvalue weighted by molar-refractivity contribution is 0.0644. The normalized spacial score (nSPS) is 18.2. The average Bonchev–Trinajstić information content (AvgIpc) is 3.03. The molecule has 1 aromatic heterocycles. The van der Waals surface area contributed by atoms with Crippen molar-refractivity contribution < 1.29 is 9.53 Å². The summed E-state index contributed by atoms with van der Waals surface area (Å²) in [6.07, 6.45) is 4.65. The van der Waals surface area contributed by atoms with Gasteiger partial charge in [-0.25, -0.2) is 0 Å². The van der Waals surface area contributed by atoms with E-state index in [0.29, 0.717) is 24.5 Å². The standard InChI is InChI=1S/C18H20N4O2S/c23-16-7-6-14(12-24-15-8-10-25-11-9-15)19-18-20-17(21-22(16)18)13-4-2-1-3-5-13/h1-6,15H,7-12H2,(H,19,20,21). The molecule has 0 aliphatic carbocycles. The number of anilines is 1. The zero-order valence-electron chi connectivity index (χ0n) is 13.9. The van der Waals surface area contributed by atoms with Crippen LogP contribution in [0.5, 0.6) is 0 Å². The number of ether oxygens (including phenoxy) is 1. The highest BCUT2D eigenvalue weighted by Crippen LogP contribution is 2.23. The minimum Gasteiger partial charge on any atom is -0.372 e. The lowest BCUT2D eigenvalue weighted by Gasteiger charge is -2.22. The number of carbonyl (C=O) groups is 1. The predicted molar refractivity (Wildman–Crippen MR) is 98.7 cm³/mol. The third kappa shape index (κ3) is 3.77. The quantitative estimate of drug-likeness (QED) is 0.907. The van der Waals surface area contributed by atoms with Crippen molar-refractivity contribution in [3.63, 3.8) is 0 Å². The molecule has 0 unspecified atom stereocenters. The number of nitrogens with zero attached hydrogens (tertiary/aromatic N) is 3. The zero-order valence-corrected chi connectivity index (χ0v) is 14.7. The summed E-state index contributed by atoms with van der Waals surface area (Å²) in [5.74, 6) is 3.22. The fourth-order valence-electron chi connectivity index (χ4n) is 2.91. The number of benzene rings is 1. The van der Waals surface area contributed by atoms with E-state index in [9.17, 15) is 4.79 Å². The van der Waals surface area contributed by atoms with E-state index in [1.165, 1.54) is 4.68 Å². The van der Waals surface area contributed by atoms with Gasteiger partial charge >= 0.3 is 0 Å². The molecule has 1 saturated heterocycles. The van der Waals surface area contributed by atoms with Crippen molar-refractivity contribution in [2.75, 3.05) is 23.4 Å². The molecule has 0 saturated carbocycles. The Morgan fingerprint density at radius 1 is 1.24 bits per heavy atom. The number of nitrogens with one attached hydrogen (secondary N) is 1. The SMILES string of the molecule is O=C1CC=C(COC2CCSCC2)Nc2nc(-c3ccccc3)nn21. The second kappa shape index (κ2) is 7.41. The van der Waals surface area contributed by atoms with Gasteiger partial charge in [-0.05, 0) is 24.3 Å². The van der Waals surface area contributed by atoms with Crippen LogP contribution in [-0.4, -0.2) is 44.9 Å². The van der Waals surface area contributed by atoms with Gasteiger partial charge in [0, 0.05) is 17.7 Å². The van der Waals surface area contributed by atoms with E-state index in [2.05, 4.69) is 15.4 Å². The van der Waals surface area contributed by atoms with Crippen LogP contribution in [0.1, 0.15) is 24.1 Å². The Hall–Kier alpha value is -2.12. The summed E-state index contributed by atoms with van der Waals surface area (Å²) in [4.78, 5) is 16.8. The van der Waals surface area contributed by atoms with Crippen molar-refractivity contribution in [1.29, 1.82) is 0 Å². The van der Waals surface area contributed by atoms with E-state index in [4.69, 9.17) is 4.74 Å². The molecule has 1 N–H and O–H groups in total. The molecule has 0 atom stereocenters. The zero-order chi connectivity index (χ0) is 17.1. The van der Waals surface area contributed by atoms with Crippen LogP contribution >= 0.6 is 11.8 Å². The van der Waals surface area contributed by atoms with E-state index in [1.54, 1.807) is 0 Å². The molecular weight excluding hydrogens is 336 g/mol. The Kier molecular flexibility index (Phi) is 4.85. The van der Waals surface area contributed by atoms with Crippen molar-refractivity contribution in [2.24, 2.45) is 0 Å². The summed E-state index contributed by atoms with van der Waals surface area (Å²) in [5.41, 5.74) is 1.76. The molecule has 4 rings (SSSR count). The Labute approximate surface area is 150 Å². The number of carbonyl (C=O) groups excluding carboxylic acids is 1. The van der Waals surface area contributed by atoms with E-state index < -0.39 is 0 Å². The van der Waals surface area contributed by atoms with Crippen LogP contribution in [0, 0.1) is 0 Å². The van der Waals surface area contributed by atoms with Crippen LogP contribution in [0.4, 0.5) is 5.95 Å². The van der Waals surface area contributed by atoms with Crippen LogP contribution < -0.4 is 5.32 Å². The molecule has 0 radical (unpaired) electrons. The van der Waals surface area contributed by atoms with E-state index in [0.717, 1.165) is 35.6 Å². The summed E-state index contributed by atoms with van der Waals surface area (Å²) in [6, 6.07) is 9.66. The first-order chi connectivity index (χ1) is 12.3. The highest BCUT2D eigenvalue weighted by molar-refractivity contribution is 7.99. The number of fused-ring (bicyclic) bond motifs is 1. The first kappa shape index (κ1) is 16.4. The number of rotatable bonds is 4. The maximum Gasteiger partial charge on any atom is 0.253 e. The Morgan fingerprint density at radius 2 is 2.04 bits per heavy atom. The highest BCUT2D eigenvalue weighted by atomic mass is 32.2. The van der Waals surface area contributed by atoms with Gasteiger partial charge in [0.2, 0.25) is 5.95 Å². The molecule has 3 heterocycles. The highest BCUT2D eigenvalue weighted by Gasteiger charge is 2.21. The van der Waals surface area contributed by atoms with Gasteiger partial charge in [-0.3, -0.25) is 4.79 Å². The molecule has 1 aromatic carbocycles. The maximum atomic E-state index is 12.3. The molecule has 25 heavy (non-hydrogen) atoms. The molecular formula is C18H20N4O2S. The average molecular weight is 356 g/mol. The van der Waals surface area contributed by atoms with Gasteiger partial charge < -0.3 is 10.1 Å². The van der Waals surface area contributed by atoms with Crippen molar-refractivity contribution in [1.82, 2.24) is 14.8 Å². The third-order valence-electron chi connectivity index (χ3n) is 4.31. The molecule has 2 aliphatic rings. The molecule has 6 nitrogen and oxygen atoms in total. The third-order valence-corrected chi connectivity index (χ3v) is 5.36. The van der Waals surface area contributed by atoms with Crippen molar-refractivity contribution in [3.8, 4) is 11.4 Å². The number of thioether (sulfide) groups is 1. The first-order valence-corrected chi connectivity index (χ1v) is 9.66. The summed E-state index contributed by atoms with van der Waals surface area (Å²) < 4.78 is 7.36. The predicted octanol–water partition coefficient (Wildman–Crippen LogP) is 3.20. The largest absolute Gasteiger partial charge is 0.372 e. The van der Waals surface area contributed by atoms with Crippen molar-refractivity contribution >= 4 is 23.6 Å². The first-order valence-electron chi connectivity index (χ1n) is 8.51. The topological polar surface area (TPSA) is 69.0 Å². The van der Waals surface area contributed by atoms with Gasteiger partial charge in [0.1, 0.15) is 0 Å². The minimum absolute atomic E-state index is 0.0961. The van der Waals surface area contributed by atoms with Crippen molar-refractivity contribution in [2.45, 2.75) is 25.4 Å². The Bertz CT molecular complexity index is 782. The number of hydrogen-bond donors (Lipinski definition) is 1. The fourth-order valence-corrected chi connectivity index (χ4v) is 3.98. The second-order valence-corrected chi connectivity index (χ2v) is 7.34. The van der Waals surface area contributed by atoms with Crippen LogP contribution in [0.15, 0.2) is 42.1 Å². The summed E-state index contributed by atoms with van der Waals surface area (Å²) >= 11 is 1.98. The maximum absolute atomic E-state index is 12.3.